The summed E-state index contributed by atoms with van der Waals surface area (Å²) >= 11 is 6.32. The fourth-order valence-corrected chi connectivity index (χ4v) is 3.96. The lowest BCUT2D eigenvalue weighted by Crippen LogP contribution is -2.51. The zero-order valence-electron chi connectivity index (χ0n) is 19.3. The van der Waals surface area contributed by atoms with Crippen molar-refractivity contribution in [3.63, 3.8) is 0 Å². The first-order valence-electron chi connectivity index (χ1n) is 11.6. The van der Waals surface area contributed by atoms with Gasteiger partial charge in [0.1, 0.15) is 11.9 Å². The van der Waals surface area contributed by atoms with Crippen LogP contribution >= 0.6 is 11.6 Å². The molecule has 178 valence electrons. The fourth-order valence-electron chi connectivity index (χ4n) is 3.75. The second kappa shape index (κ2) is 12.9. The SMILES string of the molecule is CCCCNC(=O)[C@@H](Cc1ccccc1)N(Cc1ccc(F)cc1)C(=O)Cc1ccccc1Cl. The Morgan fingerprint density at radius 2 is 1.62 bits per heavy atom. The summed E-state index contributed by atoms with van der Waals surface area (Å²) in [5.74, 6) is -0.772. The highest BCUT2D eigenvalue weighted by atomic mass is 35.5. The molecular formula is C28H30ClFN2O2. The average Bonchev–Trinajstić information content (AvgIpc) is 2.84. The molecule has 0 saturated carbocycles. The zero-order chi connectivity index (χ0) is 24.3. The summed E-state index contributed by atoms with van der Waals surface area (Å²) in [6.45, 7) is 2.79. The molecule has 0 aliphatic heterocycles. The zero-order valence-corrected chi connectivity index (χ0v) is 20.1. The maximum absolute atomic E-state index is 13.6. The van der Waals surface area contributed by atoms with Crippen LogP contribution in [0.5, 0.6) is 0 Å². The van der Waals surface area contributed by atoms with E-state index in [1.807, 2.05) is 48.5 Å². The Morgan fingerprint density at radius 1 is 0.941 bits per heavy atom. The summed E-state index contributed by atoms with van der Waals surface area (Å²) in [4.78, 5) is 28.5. The summed E-state index contributed by atoms with van der Waals surface area (Å²) in [6, 6.07) is 22.1. The minimum absolute atomic E-state index is 0.0639. The Labute approximate surface area is 205 Å². The number of unbranched alkanes of at least 4 members (excludes halogenated alkanes) is 1. The molecule has 0 aromatic heterocycles. The van der Waals surface area contributed by atoms with Gasteiger partial charge in [0.25, 0.3) is 0 Å². The van der Waals surface area contributed by atoms with E-state index >= 15 is 0 Å². The van der Waals surface area contributed by atoms with Crippen molar-refractivity contribution in [3.8, 4) is 0 Å². The highest BCUT2D eigenvalue weighted by Crippen LogP contribution is 2.20. The van der Waals surface area contributed by atoms with Crippen molar-refractivity contribution in [1.29, 1.82) is 0 Å². The molecule has 0 radical (unpaired) electrons. The van der Waals surface area contributed by atoms with E-state index in [2.05, 4.69) is 12.2 Å². The lowest BCUT2D eigenvalue weighted by molar-refractivity contribution is -0.140. The van der Waals surface area contributed by atoms with Crippen molar-refractivity contribution >= 4 is 23.4 Å². The quantitative estimate of drug-likeness (QED) is 0.364. The smallest absolute Gasteiger partial charge is 0.243 e. The maximum atomic E-state index is 13.6. The van der Waals surface area contributed by atoms with Crippen molar-refractivity contribution in [3.05, 3.63) is 106 Å². The van der Waals surface area contributed by atoms with Crippen LogP contribution in [0.3, 0.4) is 0 Å². The lowest BCUT2D eigenvalue weighted by Gasteiger charge is -2.32. The van der Waals surface area contributed by atoms with Gasteiger partial charge in [0.05, 0.1) is 6.42 Å². The van der Waals surface area contributed by atoms with Crippen LogP contribution in [0.15, 0.2) is 78.9 Å². The Hall–Kier alpha value is -3.18. The summed E-state index contributed by atoms with van der Waals surface area (Å²) in [7, 11) is 0. The second-order valence-electron chi connectivity index (χ2n) is 8.27. The van der Waals surface area contributed by atoms with E-state index in [1.54, 1.807) is 23.1 Å². The molecule has 0 aliphatic carbocycles. The molecule has 34 heavy (non-hydrogen) atoms. The molecule has 1 N–H and O–H groups in total. The number of hydrogen-bond donors (Lipinski definition) is 1. The number of amides is 2. The number of carbonyl (C=O) groups is 2. The Kier molecular flexibility index (Phi) is 9.65. The van der Waals surface area contributed by atoms with Crippen LogP contribution in [-0.2, 0) is 29.0 Å². The molecule has 0 aliphatic rings. The first-order valence-corrected chi connectivity index (χ1v) is 11.9. The monoisotopic (exact) mass is 480 g/mol. The Morgan fingerprint density at radius 3 is 2.29 bits per heavy atom. The van der Waals surface area contributed by atoms with E-state index in [1.165, 1.54) is 12.1 Å². The lowest BCUT2D eigenvalue weighted by atomic mass is 10.0. The third-order valence-electron chi connectivity index (χ3n) is 5.67. The fraction of sp³-hybridized carbons (Fsp3) is 0.286. The van der Waals surface area contributed by atoms with Gasteiger partial charge >= 0.3 is 0 Å². The molecule has 2 amide bonds. The molecule has 0 saturated heterocycles. The van der Waals surface area contributed by atoms with E-state index in [0.29, 0.717) is 23.6 Å². The van der Waals surface area contributed by atoms with E-state index < -0.39 is 6.04 Å². The van der Waals surface area contributed by atoms with Crippen molar-refractivity contribution in [2.75, 3.05) is 6.54 Å². The van der Waals surface area contributed by atoms with Crippen LogP contribution in [0.4, 0.5) is 4.39 Å². The minimum atomic E-state index is -0.723. The number of nitrogens with zero attached hydrogens (tertiary/aromatic N) is 1. The summed E-state index contributed by atoms with van der Waals surface area (Å²) in [5.41, 5.74) is 2.39. The number of hydrogen-bond acceptors (Lipinski definition) is 2. The Bertz CT molecular complexity index is 1070. The van der Waals surface area contributed by atoms with Gasteiger partial charge in [-0.15, -0.1) is 0 Å². The molecule has 4 nitrogen and oxygen atoms in total. The number of halogens is 2. The first kappa shape index (κ1) is 25.4. The summed E-state index contributed by atoms with van der Waals surface area (Å²) in [5, 5.41) is 3.49. The molecule has 3 aromatic rings. The van der Waals surface area contributed by atoms with Crippen LogP contribution in [0, 0.1) is 5.82 Å². The van der Waals surface area contributed by atoms with Gasteiger partial charge in [0, 0.05) is 24.5 Å². The number of nitrogens with one attached hydrogen (secondary N) is 1. The predicted molar refractivity (Wildman–Crippen MR) is 134 cm³/mol. The van der Waals surface area contributed by atoms with Gasteiger partial charge in [0.15, 0.2) is 0 Å². The number of carbonyl (C=O) groups excluding carboxylic acids is 2. The summed E-state index contributed by atoms with van der Waals surface area (Å²) < 4.78 is 13.5. The standard InChI is InChI=1S/C28H30ClFN2O2/c1-2-3-17-31-28(34)26(18-21-9-5-4-6-10-21)32(20-22-13-15-24(30)16-14-22)27(33)19-23-11-7-8-12-25(23)29/h4-16,26H,2-3,17-20H2,1H3,(H,31,34)/t26-/m1/s1. The molecule has 0 unspecified atom stereocenters. The number of rotatable bonds is 11. The van der Waals surface area contributed by atoms with Gasteiger partial charge in [-0.25, -0.2) is 4.39 Å². The molecule has 6 heteroatoms. The average molecular weight is 481 g/mol. The summed E-state index contributed by atoms with van der Waals surface area (Å²) in [6.07, 6.45) is 2.24. The van der Waals surface area contributed by atoms with Crippen LogP contribution in [0.1, 0.15) is 36.5 Å². The normalized spacial score (nSPS) is 11.6. The van der Waals surface area contributed by atoms with Gasteiger partial charge in [-0.05, 0) is 41.3 Å². The molecule has 0 fully saturated rings. The first-order chi connectivity index (χ1) is 16.5. The highest BCUT2D eigenvalue weighted by molar-refractivity contribution is 6.31. The largest absolute Gasteiger partial charge is 0.354 e. The molecule has 0 heterocycles. The highest BCUT2D eigenvalue weighted by Gasteiger charge is 2.30. The minimum Gasteiger partial charge on any atom is -0.354 e. The van der Waals surface area contributed by atoms with Crippen molar-refractivity contribution in [2.45, 2.75) is 45.2 Å². The van der Waals surface area contributed by atoms with Gasteiger partial charge in [-0.2, -0.15) is 0 Å². The molecule has 3 aromatic carbocycles. The van der Waals surface area contributed by atoms with E-state index in [9.17, 15) is 14.0 Å². The molecule has 0 bridgehead atoms. The van der Waals surface area contributed by atoms with E-state index in [0.717, 1.165) is 24.0 Å². The third-order valence-corrected chi connectivity index (χ3v) is 6.04. The Balaban J connectivity index is 1.94. The van der Waals surface area contributed by atoms with Gasteiger partial charge in [-0.3, -0.25) is 9.59 Å². The van der Waals surface area contributed by atoms with Crippen LogP contribution < -0.4 is 5.32 Å². The predicted octanol–water partition coefficient (Wildman–Crippen LogP) is 5.58. The van der Waals surface area contributed by atoms with Crippen molar-refractivity contribution in [1.82, 2.24) is 10.2 Å². The molecular weight excluding hydrogens is 451 g/mol. The van der Waals surface area contributed by atoms with E-state index in [-0.39, 0.29) is 30.6 Å². The topological polar surface area (TPSA) is 49.4 Å². The van der Waals surface area contributed by atoms with Crippen molar-refractivity contribution < 1.29 is 14.0 Å². The molecule has 3 rings (SSSR count). The van der Waals surface area contributed by atoms with Gasteiger partial charge in [0.2, 0.25) is 11.8 Å². The van der Waals surface area contributed by atoms with Crippen LogP contribution in [0.2, 0.25) is 5.02 Å². The molecule has 0 spiro atoms. The molecule has 1 atom stereocenters. The van der Waals surface area contributed by atoms with Gasteiger partial charge < -0.3 is 10.2 Å². The van der Waals surface area contributed by atoms with Crippen molar-refractivity contribution in [2.24, 2.45) is 0 Å². The van der Waals surface area contributed by atoms with E-state index in [4.69, 9.17) is 11.6 Å². The van der Waals surface area contributed by atoms with Crippen LogP contribution in [-0.4, -0.2) is 29.3 Å². The van der Waals surface area contributed by atoms with Gasteiger partial charge in [-0.1, -0.05) is 85.6 Å². The number of benzene rings is 3. The maximum Gasteiger partial charge on any atom is 0.243 e. The second-order valence-corrected chi connectivity index (χ2v) is 8.67. The van der Waals surface area contributed by atoms with Crippen LogP contribution in [0.25, 0.3) is 0 Å². The third kappa shape index (κ3) is 7.42.